The zero-order valence-electron chi connectivity index (χ0n) is 8.72. The molecule has 0 radical (unpaired) electrons. The van der Waals surface area contributed by atoms with Crippen molar-refractivity contribution >= 4 is 15.9 Å². The van der Waals surface area contributed by atoms with Crippen LogP contribution in [0.15, 0.2) is 0 Å². The molecular weight excluding hydrogens is 232 g/mol. The third kappa shape index (κ3) is 12.4. The summed E-state index contributed by atoms with van der Waals surface area (Å²) in [6.45, 7) is 6.39. The van der Waals surface area contributed by atoms with Gasteiger partial charge in [-0.15, -0.1) is 0 Å². The van der Waals surface area contributed by atoms with Crippen LogP contribution in [0.4, 0.5) is 0 Å². The average molecular weight is 253 g/mol. The van der Waals surface area contributed by atoms with Crippen molar-refractivity contribution < 1.29 is 9.47 Å². The fourth-order valence-corrected chi connectivity index (χ4v) is 1.21. The zero-order chi connectivity index (χ0) is 9.94. The Hall–Kier alpha value is 0.400. The first-order valence-corrected chi connectivity index (χ1v) is 5.98. The van der Waals surface area contributed by atoms with Crippen LogP contribution in [0.3, 0.4) is 0 Å². The Kier molecular flexibility index (Phi) is 10.8. The van der Waals surface area contributed by atoms with Gasteiger partial charge in [0.2, 0.25) is 0 Å². The Labute approximate surface area is 90.1 Å². The van der Waals surface area contributed by atoms with E-state index >= 15 is 0 Å². The van der Waals surface area contributed by atoms with Crippen molar-refractivity contribution in [1.82, 2.24) is 0 Å². The van der Waals surface area contributed by atoms with Crippen molar-refractivity contribution in [2.75, 3.05) is 20.0 Å². The molecule has 1 unspecified atom stereocenters. The minimum atomic E-state index is 0.455. The molecule has 0 saturated heterocycles. The summed E-state index contributed by atoms with van der Waals surface area (Å²) >= 11 is 3.49. The summed E-state index contributed by atoms with van der Waals surface area (Å²) in [4.78, 5) is 0.595. The van der Waals surface area contributed by atoms with Crippen LogP contribution in [-0.2, 0) is 9.47 Å². The summed E-state index contributed by atoms with van der Waals surface area (Å²) in [6.07, 6.45) is 4.57. The molecule has 0 heterocycles. The van der Waals surface area contributed by atoms with Crippen LogP contribution in [0.25, 0.3) is 0 Å². The van der Waals surface area contributed by atoms with Gasteiger partial charge < -0.3 is 9.47 Å². The SMILES string of the molecule is CCCCOCOCCCC(C)Br. The predicted octanol–water partition coefficient (Wildman–Crippen LogP) is 3.34. The fourth-order valence-electron chi connectivity index (χ4n) is 0.890. The molecule has 0 aromatic carbocycles. The molecule has 2 nitrogen and oxygen atoms in total. The Morgan fingerprint density at radius 3 is 2.31 bits per heavy atom. The topological polar surface area (TPSA) is 18.5 Å². The molecule has 0 N–H and O–H groups in total. The van der Waals surface area contributed by atoms with Gasteiger partial charge in [-0.2, -0.15) is 0 Å². The van der Waals surface area contributed by atoms with E-state index in [1.165, 1.54) is 6.42 Å². The van der Waals surface area contributed by atoms with E-state index in [0.717, 1.165) is 32.5 Å². The van der Waals surface area contributed by atoms with Crippen LogP contribution in [0.2, 0.25) is 0 Å². The largest absolute Gasteiger partial charge is 0.355 e. The van der Waals surface area contributed by atoms with E-state index in [1.807, 2.05) is 0 Å². The lowest BCUT2D eigenvalue weighted by Crippen LogP contribution is -2.03. The van der Waals surface area contributed by atoms with E-state index < -0.39 is 0 Å². The molecule has 0 rings (SSSR count). The smallest absolute Gasteiger partial charge is 0.146 e. The van der Waals surface area contributed by atoms with Crippen LogP contribution in [0.5, 0.6) is 0 Å². The second-order valence-corrected chi connectivity index (χ2v) is 4.77. The summed E-state index contributed by atoms with van der Waals surface area (Å²) in [5, 5.41) is 0. The highest BCUT2D eigenvalue weighted by molar-refractivity contribution is 9.09. The van der Waals surface area contributed by atoms with Crippen LogP contribution >= 0.6 is 15.9 Å². The van der Waals surface area contributed by atoms with Crippen LogP contribution < -0.4 is 0 Å². The summed E-state index contributed by atoms with van der Waals surface area (Å²) in [5.74, 6) is 0. The second-order valence-electron chi connectivity index (χ2n) is 3.21. The first-order valence-electron chi connectivity index (χ1n) is 5.07. The third-order valence-electron chi connectivity index (χ3n) is 1.70. The molecule has 1 atom stereocenters. The van der Waals surface area contributed by atoms with Crippen molar-refractivity contribution in [3.63, 3.8) is 0 Å². The number of halogens is 1. The molecule has 0 aliphatic heterocycles. The summed E-state index contributed by atoms with van der Waals surface area (Å²) in [7, 11) is 0. The first-order chi connectivity index (χ1) is 6.27. The monoisotopic (exact) mass is 252 g/mol. The minimum Gasteiger partial charge on any atom is -0.355 e. The van der Waals surface area contributed by atoms with Gasteiger partial charge in [0.25, 0.3) is 0 Å². The highest BCUT2D eigenvalue weighted by atomic mass is 79.9. The summed E-state index contributed by atoms with van der Waals surface area (Å²) in [6, 6.07) is 0. The summed E-state index contributed by atoms with van der Waals surface area (Å²) < 4.78 is 10.5. The second kappa shape index (κ2) is 10.5. The molecule has 0 fully saturated rings. The number of alkyl halides is 1. The van der Waals surface area contributed by atoms with Gasteiger partial charge in [0.05, 0.1) is 0 Å². The van der Waals surface area contributed by atoms with Crippen molar-refractivity contribution in [2.45, 2.75) is 44.4 Å². The van der Waals surface area contributed by atoms with Gasteiger partial charge in [-0.05, 0) is 19.3 Å². The van der Waals surface area contributed by atoms with Crippen molar-refractivity contribution in [3.8, 4) is 0 Å². The molecule has 0 aromatic rings. The lowest BCUT2D eigenvalue weighted by Gasteiger charge is -2.05. The van der Waals surface area contributed by atoms with E-state index in [2.05, 4.69) is 29.8 Å². The van der Waals surface area contributed by atoms with Gasteiger partial charge in [-0.25, -0.2) is 0 Å². The number of hydrogen-bond donors (Lipinski definition) is 0. The molecule has 80 valence electrons. The van der Waals surface area contributed by atoms with Crippen LogP contribution in [-0.4, -0.2) is 24.8 Å². The minimum absolute atomic E-state index is 0.455. The lowest BCUT2D eigenvalue weighted by atomic mass is 10.3. The van der Waals surface area contributed by atoms with E-state index in [9.17, 15) is 0 Å². The van der Waals surface area contributed by atoms with Gasteiger partial charge in [0.1, 0.15) is 6.79 Å². The predicted molar refractivity (Wildman–Crippen MR) is 59.3 cm³/mol. The molecule has 0 saturated carbocycles. The number of rotatable bonds is 9. The normalized spacial score (nSPS) is 13.2. The average Bonchev–Trinajstić information content (AvgIpc) is 2.09. The van der Waals surface area contributed by atoms with Crippen LogP contribution in [0, 0.1) is 0 Å². The molecule has 0 aromatic heterocycles. The number of unbranched alkanes of at least 4 members (excludes halogenated alkanes) is 1. The fraction of sp³-hybridized carbons (Fsp3) is 1.00. The maximum Gasteiger partial charge on any atom is 0.146 e. The third-order valence-corrected chi connectivity index (χ3v) is 2.16. The van der Waals surface area contributed by atoms with E-state index in [0.29, 0.717) is 11.6 Å². The Bertz CT molecular complexity index is 96.9. The van der Waals surface area contributed by atoms with Gasteiger partial charge in [-0.1, -0.05) is 36.2 Å². The molecule has 0 bridgehead atoms. The van der Waals surface area contributed by atoms with Crippen molar-refractivity contribution in [2.24, 2.45) is 0 Å². The number of hydrogen-bond acceptors (Lipinski definition) is 2. The first kappa shape index (κ1) is 13.4. The quantitative estimate of drug-likeness (QED) is 0.356. The van der Waals surface area contributed by atoms with Gasteiger partial charge in [-0.3, -0.25) is 0 Å². The van der Waals surface area contributed by atoms with Gasteiger partial charge in [0.15, 0.2) is 0 Å². The van der Waals surface area contributed by atoms with E-state index in [1.54, 1.807) is 0 Å². The molecular formula is C10H21BrO2. The Balaban J connectivity index is 2.84. The van der Waals surface area contributed by atoms with E-state index in [4.69, 9.17) is 9.47 Å². The zero-order valence-corrected chi connectivity index (χ0v) is 10.3. The number of ether oxygens (including phenoxy) is 2. The molecule has 0 amide bonds. The molecule has 0 aliphatic carbocycles. The molecule has 13 heavy (non-hydrogen) atoms. The molecule has 0 spiro atoms. The highest BCUT2D eigenvalue weighted by Crippen LogP contribution is 2.05. The van der Waals surface area contributed by atoms with E-state index in [-0.39, 0.29) is 0 Å². The maximum absolute atomic E-state index is 5.29. The Morgan fingerprint density at radius 1 is 1.15 bits per heavy atom. The van der Waals surface area contributed by atoms with Gasteiger partial charge >= 0.3 is 0 Å². The standard InChI is InChI=1S/C10H21BrO2/c1-3-4-7-12-9-13-8-5-6-10(2)11/h10H,3-9H2,1-2H3. The Morgan fingerprint density at radius 2 is 1.77 bits per heavy atom. The van der Waals surface area contributed by atoms with Crippen LogP contribution in [0.1, 0.15) is 39.5 Å². The van der Waals surface area contributed by atoms with Crippen molar-refractivity contribution in [1.29, 1.82) is 0 Å². The van der Waals surface area contributed by atoms with Gasteiger partial charge in [0, 0.05) is 18.0 Å². The molecule has 3 heteroatoms. The van der Waals surface area contributed by atoms with Crippen molar-refractivity contribution in [3.05, 3.63) is 0 Å². The maximum atomic E-state index is 5.29. The molecule has 0 aliphatic rings. The highest BCUT2D eigenvalue weighted by Gasteiger charge is 1.95. The summed E-state index contributed by atoms with van der Waals surface area (Å²) in [5.41, 5.74) is 0. The lowest BCUT2D eigenvalue weighted by molar-refractivity contribution is -0.0551.